The van der Waals surface area contributed by atoms with Crippen LogP contribution in [0.2, 0.25) is 0 Å². The van der Waals surface area contributed by atoms with Crippen LogP contribution in [-0.2, 0) is 9.53 Å². The van der Waals surface area contributed by atoms with Crippen LogP contribution in [0.5, 0.6) is 0 Å². The molecule has 0 saturated heterocycles. The van der Waals surface area contributed by atoms with Crippen LogP contribution >= 0.6 is 31.9 Å². The Morgan fingerprint density at radius 3 is 2.50 bits per heavy atom. The molecule has 0 saturated carbocycles. The van der Waals surface area contributed by atoms with Crippen LogP contribution in [-0.4, -0.2) is 23.5 Å². The molecule has 22 heavy (non-hydrogen) atoms. The lowest BCUT2D eigenvalue weighted by molar-refractivity contribution is -0.119. The fourth-order valence-electron chi connectivity index (χ4n) is 1.68. The van der Waals surface area contributed by atoms with Crippen LogP contribution in [0, 0.1) is 6.92 Å². The van der Waals surface area contributed by atoms with Crippen LogP contribution in [0.25, 0.3) is 0 Å². The molecule has 2 rings (SSSR count). The van der Waals surface area contributed by atoms with Crippen molar-refractivity contribution in [3.05, 3.63) is 56.7 Å². The molecule has 1 aromatic carbocycles. The number of aryl methyl sites for hydroxylation is 1. The molecule has 7 heteroatoms. The van der Waals surface area contributed by atoms with Crippen molar-refractivity contribution in [2.45, 2.75) is 6.92 Å². The molecule has 5 nitrogen and oxygen atoms in total. The van der Waals surface area contributed by atoms with E-state index in [0.29, 0.717) is 5.69 Å². The second-order valence-corrected chi connectivity index (χ2v) is 6.15. The molecule has 0 spiro atoms. The molecule has 0 bridgehead atoms. The van der Waals surface area contributed by atoms with Crippen LogP contribution in [0.1, 0.15) is 16.1 Å². The summed E-state index contributed by atoms with van der Waals surface area (Å²) < 4.78 is 6.40. The third-order valence-corrected chi connectivity index (χ3v) is 3.91. The van der Waals surface area contributed by atoms with Crippen LogP contribution in [0.15, 0.2) is 45.5 Å². The van der Waals surface area contributed by atoms with Gasteiger partial charge in [-0.1, -0.05) is 6.07 Å². The average Bonchev–Trinajstić information content (AvgIpc) is 2.49. The second-order valence-electron chi connectivity index (χ2n) is 4.44. The maximum absolute atomic E-state index is 11.9. The number of rotatable bonds is 4. The minimum absolute atomic E-state index is 0.160. The van der Waals surface area contributed by atoms with E-state index in [1.54, 1.807) is 12.1 Å². The van der Waals surface area contributed by atoms with Gasteiger partial charge < -0.3 is 10.1 Å². The Hall–Kier alpha value is -1.73. The standard InChI is InChI=1S/C15H12Br2N2O3/c1-9-6-10(16)14(11(17)7-9)19-13(20)8-22-15(21)12-4-2-3-5-18-12/h2-7H,8H2,1H3,(H,19,20). The van der Waals surface area contributed by atoms with E-state index in [2.05, 4.69) is 42.2 Å². The molecule has 2 aromatic rings. The Labute approximate surface area is 144 Å². The number of anilines is 1. The number of hydrogen-bond donors (Lipinski definition) is 1. The van der Waals surface area contributed by atoms with Crippen molar-refractivity contribution in [1.29, 1.82) is 0 Å². The van der Waals surface area contributed by atoms with Gasteiger partial charge in [-0.25, -0.2) is 9.78 Å². The van der Waals surface area contributed by atoms with E-state index in [4.69, 9.17) is 4.74 Å². The number of carbonyl (C=O) groups is 2. The number of aromatic nitrogens is 1. The predicted molar refractivity (Wildman–Crippen MR) is 89.7 cm³/mol. The number of carbonyl (C=O) groups excluding carboxylic acids is 2. The Morgan fingerprint density at radius 2 is 1.91 bits per heavy atom. The molecule has 0 aliphatic carbocycles. The molecule has 1 heterocycles. The molecule has 0 fully saturated rings. The van der Waals surface area contributed by atoms with Crippen molar-refractivity contribution >= 4 is 49.4 Å². The minimum atomic E-state index is -0.641. The third-order valence-electron chi connectivity index (χ3n) is 2.66. The van der Waals surface area contributed by atoms with Gasteiger partial charge in [0.2, 0.25) is 0 Å². The summed E-state index contributed by atoms with van der Waals surface area (Å²) in [6.45, 7) is 1.55. The predicted octanol–water partition coefficient (Wildman–Crippen LogP) is 3.71. The normalized spacial score (nSPS) is 10.1. The molecule has 0 aliphatic heterocycles. The summed E-state index contributed by atoms with van der Waals surface area (Å²) in [6.07, 6.45) is 1.48. The zero-order valence-electron chi connectivity index (χ0n) is 11.6. The van der Waals surface area contributed by atoms with Gasteiger partial charge in [-0.3, -0.25) is 4.79 Å². The smallest absolute Gasteiger partial charge is 0.357 e. The second kappa shape index (κ2) is 7.51. The van der Waals surface area contributed by atoms with Crippen molar-refractivity contribution in [3.63, 3.8) is 0 Å². The lowest BCUT2D eigenvalue weighted by Gasteiger charge is -2.11. The quantitative estimate of drug-likeness (QED) is 0.755. The van der Waals surface area contributed by atoms with Gasteiger partial charge in [0.25, 0.3) is 5.91 Å². The Kier molecular flexibility index (Phi) is 5.68. The summed E-state index contributed by atoms with van der Waals surface area (Å²) in [5.74, 6) is -1.08. The van der Waals surface area contributed by atoms with E-state index in [1.165, 1.54) is 12.3 Å². The number of pyridine rings is 1. The lowest BCUT2D eigenvalue weighted by atomic mass is 10.2. The van der Waals surface area contributed by atoms with Crippen molar-refractivity contribution in [3.8, 4) is 0 Å². The molecule has 0 aliphatic rings. The number of halogens is 2. The van der Waals surface area contributed by atoms with Crippen LogP contribution < -0.4 is 5.32 Å². The SMILES string of the molecule is Cc1cc(Br)c(NC(=O)COC(=O)c2ccccn2)c(Br)c1. The number of amides is 1. The number of esters is 1. The first-order chi connectivity index (χ1) is 10.5. The highest BCUT2D eigenvalue weighted by Gasteiger charge is 2.13. The Morgan fingerprint density at radius 1 is 1.23 bits per heavy atom. The van der Waals surface area contributed by atoms with E-state index in [9.17, 15) is 9.59 Å². The largest absolute Gasteiger partial charge is 0.451 e. The van der Waals surface area contributed by atoms with Crippen LogP contribution in [0.3, 0.4) is 0 Å². The first kappa shape index (κ1) is 16.6. The number of nitrogens with one attached hydrogen (secondary N) is 1. The number of hydrogen-bond acceptors (Lipinski definition) is 4. The average molecular weight is 428 g/mol. The maximum atomic E-state index is 11.9. The molecule has 1 N–H and O–H groups in total. The van der Waals surface area contributed by atoms with Crippen molar-refractivity contribution in [2.24, 2.45) is 0 Å². The van der Waals surface area contributed by atoms with Crippen molar-refractivity contribution in [1.82, 2.24) is 4.98 Å². The molecule has 1 aromatic heterocycles. The van der Waals surface area contributed by atoms with Gasteiger partial charge >= 0.3 is 5.97 Å². The topological polar surface area (TPSA) is 68.3 Å². The minimum Gasteiger partial charge on any atom is -0.451 e. The van der Waals surface area contributed by atoms with Crippen molar-refractivity contribution < 1.29 is 14.3 Å². The Balaban J connectivity index is 1.95. The molecular weight excluding hydrogens is 416 g/mol. The maximum Gasteiger partial charge on any atom is 0.357 e. The van der Waals surface area contributed by atoms with Gasteiger partial charge in [-0.05, 0) is 68.6 Å². The van der Waals surface area contributed by atoms with Gasteiger partial charge in [0.15, 0.2) is 6.61 Å². The summed E-state index contributed by atoms with van der Waals surface area (Å²) in [5.41, 5.74) is 1.79. The Bertz CT molecular complexity index is 682. The first-order valence-corrected chi connectivity index (χ1v) is 7.89. The molecule has 0 atom stereocenters. The zero-order valence-corrected chi connectivity index (χ0v) is 14.8. The van der Waals surface area contributed by atoms with E-state index >= 15 is 0 Å². The van der Waals surface area contributed by atoms with Crippen LogP contribution in [0.4, 0.5) is 5.69 Å². The monoisotopic (exact) mass is 426 g/mol. The summed E-state index contributed by atoms with van der Waals surface area (Å²) in [6, 6.07) is 8.63. The van der Waals surface area contributed by atoms with Gasteiger partial charge in [-0.15, -0.1) is 0 Å². The molecule has 0 unspecified atom stereocenters. The van der Waals surface area contributed by atoms with E-state index in [-0.39, 0.29) is 12.3 Å². The summed E-state index contributed by atoms with van der Waals surface area (Å²) >= 11 is 6.76. The zero-order chi connectivity index (χ0) is 16.1. The molecule has 1 amide bonds. The number of nitrogens with zero attached hydrogens (tertiary/aromatic N) is 1. The van der Waals surface area contributed by atoms with Gasteiger partial charge in [0, 0.05) is 15.1 Å². The summed E-state index contributed by atoms with van der Waals surface area (Å²) in [7, 11) is 0. The van der Waals surface area contributed by atoms with E-state index in [0.717, 1.165) is 14.5 Å². The lowest BCUT2D eigenvalue weighted by Crippen LogP contribution is -2.21. The van der Waals surface area contributed by atoms with Gasteiger partial charge in [-0.2, -0.15) is 0 Å². The van der Waals surface area contributed by atoms with E-state index < -0.39 is 11.9 Å². The third kappa shape index (κ3) is 4.38. The molecular formula is C15H12Br2N2O3. The molecule has 0 radical (unpaired) electrons. The summed E-state index contributed by atoms with van der Waals surface area (Å²) in [4.78, 5) is 27.4. The fraction of sp³-hybridized carbons (Fsp3) is 0.133. The highest BCUT2D eigenvalue weighted by molar-refractivity contribution is 9.11. The van der Waals surface area contributed by atoms with Gasteiger partial charge in [0.1, 0.15) is 5.69 Å². The first-order valence-electron chi connectivity index (χ1n) is 6.31. The highest BCUT2D eigenvalue weighted by Crippen LogP contribution is 2.32. The van der Waals surface area contributed by atoms with Crippen molar-refractivity contribution in [2.75, 3.05) is 11.9 Å². The number of benzene rings is 1. The number of ether oxygens (including phenoxy) is 1. The summed E-state index contributed by atoms with van der Waals surface area (Å²) in [5, 5.41) is 2.68. The highest BCUT2D eigenvalue weighted by atomic mass is 79.9. The van der Waals surface area contributed by atoms with E-state index in [1.807, 2.05) is 19.1 Å². The van der Waals surface area contributed by atoms with Gasteiger partial charge in [0.05, 0.1) is 5.69 Å². The molecule has 114 valence electrons. The fourth-order valence-corrected chi connectivity index (χ4v) is 3.30.